The van der Waals surface area contributed by atoms with Gasteiger partial charge in [-0.05, 0) is 36.1 Å². The Balaban J connectivity index is 1.77. The molecule has 0 atom stereocenters. The van der Waals surface area contributed by atoms with Gasteiger partial charge in [-0.3, -0.25) is 14.6 Å². The van der Waals surface area contributed by atoms with E-state index in [2.05, 4.69) is 20.6 Å². The molecule has 0 unspecified atom stereocenters. The van der Waals surface area contributed by atoms with Gasteiger partial charge in [-0.25, -0.2) is 4.98 Å². The van der Waals surface area contributed by atoms with Gasteiger partial charge in [0.25, 0.3) is 11.8 Å². The average molecular weight is 338 g/mol. The van der Waals surface area contributed by atoms with Gasteiger partial charge in [0, 0.05) is 23.8 Å². The fraction of sp³-hybridized carbons (Fsp3) is 0.0588. The summed E-state index contributed by atoms with van der Waals surface area (Å²) in [6.07, 6.45) is 4.36. The highest BCUT2D eigenvalue weighted by Crippen LogP contribution is 2.22. The predicted octanol–water partition coefficient (Wildman–Crippen LogP) is 3.35. The monoisotopic (exact) mass is 338 g/mol. The normalized spacial score (nSPS) is 10.2. The summed E-state index contributed by atoms with van der Waals surface area (Å²) in [5.74, 6) is -0.534. The summed E-state index contributed by atoms with van der Waals surface area (Å²) >= 11 is 1.37. The number of nitrogens with one attached hydrogen (secondary N) is 2. The van der Waals surface area contributed by atoms with Crippen LogP contribution in [0.5, 0.6) is 0 Å². The lowest BCUT2D eigenvalue weighted by Gasteiger charge is -2.11. The number of amides is 2. The molecular formula is C17H14N4O2S. The summed E-state index contributed by atoms with van der Waals surface area (Å²) in [7, 11) is 0. The Morgan fingerprint density at radius 2 is 1.96 bits per heavy atom. The molecule has 1 aromatic carbocycles. The third kappa shape index (κ3) is 3.64. The summed E-state index contributed by atoms with van der Waals surface area (Å²) in [4.78, 5) is 32.8. The van der Waals surface area contributed by atoms with Gasteiger partial charge < -0.3 is 10.6 Å². The van der Waals surface area contributed by atoms with E-state index in [1.165, 1.54) is 29.9 Å². The molecule has 2 heterocycles. The number of carbonyl (C=O) groups excluding carboxylic acids is 2. The zero-order valence-corrected chi connectivity index (χ0v) is 13.6. The Labute approximate surface area is 142 Å². The van der Waals surface area contributed by atoms with Crippen LogP contribution in [0, 0.1) is 6.92 Å². The van der Waals surface area contributed by atoms with Crippen LogP contribution in [0.25, 0.3) is 0 Å². The van der Waals surface area contributed by atoms with E-state index in [1.807, 2.05) is 24.4 Å². The maximum atomic E-state index is 12.2. The van der Waals surface area contributed by atoms with Crippen LogP contribution in [-0.4, -0.2) is 21.8 Å². The molecule has 3 rings (SSSR count). The minimum absolute atomic E-state index is 0.181. The van der Waals surface area contributed by atoms with Gasteiger partial charge in [0.1, 0.15) is 5.69 Å². The van der Waals surface area contributed by atoms with Crippen molar-refractivity contribution in [3.05, 3.63) is 70.4 Å². The van der Waals surface area contributed by atoms with Crippen molar-refractivity contribution in [2.24, 2.45) is 0 Å². The van der Waals surface area contributed by atoms with Crippen LogP contribution >= 0.6 is 11.3 Å². The van der Waals surface area contributed by atoms with Gasteiger partial charge >= 0.3 is 0 Å². The second-order valence-electron chi connectivity index (χ2n) is 5.01. The number of hydrogen-bond acceptors (Lipinski definition) is 5. The van der Waals surface area contributed by atoms with Gasteiger partial charge in [0.15, 0.2) is 0 Å². The SMILES string of the molecule is Cc1ccc(NC(=O)c2cccs2)cc1NC(=O)c1cnccn1. The number of hydrogen-bond donors (Lipinski definition) is 2. The van der Waals surface area contributed by atoms with Crippen LogP contribution in [0.1, 0.15) is 25.7 Å². The molecule has 0 aliphatic carbocycles. The molecule has 7 heteroatoms. The van der Waals surface area contributed by atoms with Crippen LogP contribution < -0.4 is 10.6 Å². The topological polar surface area (TPSA) is 84.0 Å². The van der Waals surface area contributed by atoms with E-state index in [1.54, 1.807) is 18.2 Å². The molecule has 24 heavy (non-hydrogen) atoms. The summed E-state index contributed by atoms with van der Waals surface area (Å²) < 4.78 is 0. The standard InChI is InChI=1S/C17H14N4O2S/c1-11-4-5-12(20-17(23)15-3-2-8-24-15)9-13(11)21-16(22)14-10-18-6-7-19-14/h2-10H,1H3,(H,20,23)(H,21,22). The van der Waals surface area contributed by atoms with Gasteiger partial charge in [-0.15, -0.1) is 11.3 Å². The van der Waals surface area contributed by atoms with Gasteiger partial charge in [-0.1, -0.05) is 12.1 Å². The quantitative estimate of drug-likeness (QED) is 0.764. The third-order valence-corrected chi connectivity index (χ3v) is 4.15. The molecule has 0 aliphatic heterocycles. The Morgan fingerprint density at radius 3 is 2.67 bits per heavy atom. The molecule has 0 bridgehead atoms. The van der Waals surface area contributed by atoms with Crippen molar-refractivity contribution in [2.75, 3.05) is 10.6 Å². The molecule has 3 aromatic rings. The molecule has 6 nitrogen and oxygen atoms in total. The number of rotatable bonds is 4. The Hall–Kier alpha value is -3.06. The van der Waals surface area contributed by atoms with Crippen LogP contribution in [0.15, 0.2) is 54.3 Å². The summed E-state index contributed by atoms with van der Waals surface area (Å²) in [6, 6.07) is 8.91. The second-order valence-corrected chi connectivity index (χ2v) is 5.95. The molecule has 0 saturated heterocycles. The summed E-state index contributed by atoms with van der Waals surface area (Å²) in [5.41, 5.74) is 2.31. The van der Waals surface area contributed by atoms with Crippen molar-refractivity contribution in [1.82, 2.24) is 9.97 Å². The van der Waals surface area contributed by atoms with Crippen molar-refractivity contribution in [3.63, 3.8) is 0 Å². The number of aryl methyl sites for hydroxylation is 1. The molecule has 0 fully saturated rings. The first kappa shape index (κ1) is 15.8. The maximum absolute atomic E-state index is 12.2. The lowest BCUT2D eigenvalue weighted by Crippen LogP contribution is -2.15. The fourth-order valence-corrected chi connectivity index (χ4v) is 2.66. The first-order valence-electron chi connectivity index (χ1n) is 7.16. The van der Waals surface area contributed by atoms with E-state index in [4.69, 9.17) is 0 Å². The molecule has 0 spiro atoms. The van der Waals surface area contributed by atoms with Crippen LogP contribution in [0.3, 0.4) is 0 Å². The number of aromatic nitrogens is 2. The number of nitrogens with zero attached hydrogens (tertiary/aromatic N) is 2. The van der Waals surface area contributed by atoms with E-state index in [-0.39, 0.29) is 17.5 Å². The van der Waals surface area contributed by atoms with E-state index in [0.29, 0.717) is 16.3 Å². The van der Waals surface area contributed by atoms with Crippen molar-refractivity contribution < 1.29 is 9.59 Å². The first-order chi connectivity index (χ1) is 11.6. The Morgan fingerprint density at radius 1 is 1.08 bits per heavy atom. The number of anilines is 2. The van der Waals surface area contributed by atoms with E-state index < -0.39 is 0 Å². The predicted molar refractivity (Wildman–Crippen MR) is 93.4 cm³/mol. The van der Waals surface area contributed by atoms with Gasteiger partial charge in [-0.2, -0.15) is 0 Å². The molecule has 2 amide bonds. The molecule has 0 aliphatic rings. The highest BCUT2D eigenvalue weighted by atomic mass is 32.1. The van der Waals surface area contributed by atoms with Crippen LogP contribution in [0.4, 0.5) is 11.4 Å². The smallest absolute Gasteiger partial charge is 0.275 e. The highest BCUT2D eigenvalue weighted by molar-refractivity contribution is 7.12. The van der Waals surface area contributed by atoms with Crippen LogP contribution in [0.2, 0.25) is 0 Å². The Kier molecular flexibility index (Phi) is 4.62. The van der Waals surface area contributed by atoms with Crippen molar-refractivity contribution in [1.29, 1.82) is 0 Å². The second kappa shape index (κ2) is 7.01. The largest absolute Gasteiger partial charge is 0.321 e. The van der Waals surface area contributed by atoms with Gasteiger partial charge in [0.05, 0.1) is 11.1 Å². The highest BCUT2D eigenvalue weighted by Gasteiger charge is 2.11. The number of benzene rings is 1. The summed E-state index contributed by atoms with van der Waals surface area (Å²) in [6.45, 7) is 1.87. The molecular weight excluding hydrogens is 324 g/mol. The zero-order chi connectivity index (χ0) is 16.9. The zero-order valence-electron chi connectivity index (χ0n) is 12.8. The molecule has 0 saturated carbocycles. The number of thiophene rings is 1. The van der Waals surface area contributed by atoms with E-state index >= 15 is 0 Å². The lowest BCUT2D eigenvalue weighted by molar-refractivity contribution is 0.101. The molecule has 120 valence electrons. The molecule has 0 radical (unpaired) electrons. The molecule has 2 N–H and O–H groups in total. The van der Waals surface area contributed by atoms with Crippen LogP contribution in [-0.2, 0) is 0 Å². The lowest BCUT2D eigenvalue weighted by atomic mass is 10.1. The fourth-order valence-electron chi connectivity index (χ4n) is 2.04. The van der Waals surface area contributed by atoms with E-state index in [0.717, 1.165) is 5.56 Å². The molecule has 2 aromatic heterocycles. The van der Waals surface area contributed by atoms with E-state index in [9.17, 15) is 9.59 Å². The van der Waals surface area contributed by atoms with Gasteiger partial charge in [0.2, 0.25) is 0 Å². The average Bonchev–Trinajstić information content (AvgIpc) is 3.13. The summed E-state index contributed by atoms with van der Waals surface area (Å²) in [5, 5.41) is 7.45. The minimum Gasteiger partial charge on any atom is -0.321 e. The minimum atomic E-state index is -0.354. The van der Waals surface area contributed by atoms with Crippen molar-refractivity contribution >= 4 is 34.5 Å². The van der Waals surface area contributed by atoms with Crippen molar-refractivity contribution in [3.8, 4) is 0 Å². The number of carbonyl (C=O) groups is 2. The maximum Gasteiger partial charge on any atom is 0.275 e. The third-order valence-electron chi connectivity index (χ3n) is 3.28. The first-order valence-corrected chi connectivity index (χ1v) is 8.04. The Bertz CT molecular complexity index is 864. The van der Waals surface area contributed by atoms with Crippen molar-refractivity contribution in [2.45, 2.75) is 6.92 Å².